The van der Waals surface area contributed by atoms with Gasteiger partial charge < -0.3 is 20.1 Å². The Morgan fingerprint density at radius 3 is 2.34 bits per heavy atom. The van der Waals surface area contributed by atoms with Crippen LogP contribution in [0.3, 0.4) is 0 Å². The molecule has 3 N–H and O–H groups in total. The van der Waals surface area contributed by atoms with Crippen LogP contribution in [0.5, 0.6) is 11.5 Å². The van der Waals surface area contributed by atoms with E-state index in [9.17, 15) is 14.4 Å². The van der Waals surface area contributed by atoms with Gasteiger partial charge in [-0.25, -0.2) is 5.43 Å². The highest BCUT2D eigenvalue weighted by molar-refractivity contribution is 9.10. The summed E-state index contributed by atoms with van der Waals surface area (Å²) in [5.41, 5.74) is 5.57. The molecule has 0 aromatic heterocycles. The van der Waals surface area contributed by atoms with Crippen LogP contribution in [0.2, 0.25) is 0 Å². The van der Waals surface area contributed by atoms with Gasteiger partial charge in [-0.05, 0) is 91.0 Å². The number of hydrogen-bond acceptors (Lipinski definition) is 6. The Hall–Kier alpha value is -3.40. The Bertz CT molecular complexity index is 1080. The van der Waals surface area contributed by atoms with Gasteiger partial charge in [-0.3, -0.25) is 14.4 Å². The molecule has 2 rings (SSSR count). The summed E-state index contributed by atoms with van der Waals surface area (Å²) in [6.07, 6.45) is 2.08. The molecule has 0 saturated heterocycles. The van der Waals surface area contributed by atoms with E-state index < -0.39 is 11.8 Å². The number of amides is 3. The van der Waals surface area contributed by atoms with Gasteiger partial charge in [0.25, 0.3) is 5.91 Å². The first-order valence-electron chi connectivity index (χ1n) is 11.2. The summed E-state index contributed by atoms with van der Waals surface area (Å²) < 4.78 is 11.9. The zero-order chi connectivity index (χ0) is 26.0. The van der Waals surface area contributed by atoms with E-state index in [1.165, 1.54) is 6.21 Å². The number of anilines is 1. The third kappa shape index (κ3) is 9.05. The quantitative estimate of drug-likeness (QED) is 0.237. The first-order chi connectivity index (χ1) is 16.6. The molecule has 2 aromatic carbocycles. The molecule has 0 aliphatic heterocycles. The lowest BCUT2D eigenvalue weighted by atomic mass is 10.1. The van der Waals surface area contributed by atoms with Crippen LogP contribution in [0.4, 0.5) is 5.69 Å². The molecule has 0 unspecified atom stereocenters. The molecule has 0 saturated carbocycles. The topological polar surface area (TPSA) is 118 Å². The standard InChI is InChI=1S/C25H31BrN4O5/c1-6-17(5)28-24(32)25(33)30-27-13-18-11-20(26)23(21(12-18)34-7-2)35-14-22(31)29-19-9-15(3)8-16(4)10-19/h8-13,17H,6-7,14H2,1-5H3,(H,28,32)(H,29,31)(H,30,33)/b27-13-/t17-/m1/s1. The van der Waals surface area contributed by atoms with Crippen molar-refractivity contribution in [3.05, 3.63) is 51.5 Å². The van der Waals surface area contributed by atoms with Gasteiger partial charge >= 0.3 is 11.8 Å². The average molecular weight is 547 g/mol. The van der Waals surface area contributed by atoms with E-state index >= 15 is 0 Å². The van der Waals surface area contributed by atoms with Crippen molar-refractivity contribution in [2.45, 2.75) is 47.1 Å². The van der Waals surface area contributed by atoms with Gasteiger partial charge in [-0.1, -0.05) is 13.0 Å². The molecule has 0 heterocycles. The van der Waals surface area contributed by atoms with Gasteiger partial charge in [-0.15, -0.1) is 0 Å². The van der Waals surface area contributed by atoms with Gasteiger partial charge in [0.1, 0.15) is 0 Å². The smallest absolute Gasteiger partial charge is 0.329 e. The number of carbonyl (C=O) groups excluding carboxylic acids is 3. The number of nitrogens with one attached hydrogen (secondary N) is 3. The Balaban J connectivity index is 2.05. The van der Waals surface area contributed by atoms with Crippen LogP contribution in [0.15, 0.2) is 39.9 Å². The van der Waals surface area contributed by atoms with Gasteiger partial charge in [0.05, 0.1) is 17.3 Å². The molecule has 0 fully saturated rings. The zero-order valence-electron chi connectivity index (χ0n) is 20.5. The van der Waals surface area contributed by atoms with Crippen molar-refractivity contribution in [2.75, 3.05) is 18.5 Å². The minimum Gasteiger partial charge on any atom is -0.490 e. The molecule has 0 aliphatic rings. The molecule has 9 nitrogen and oxygen atoms in total. The van der Waals surface area contributed by atoms with Crippen molar-refractivity contribution >= 4 is 45.6 Å². The third-order valence-electron chi connectivity index (χ3n) is 4.76. The second-order valence-electron chi connectivity index (χ2n) is 7.96. The fourth-order valence-electron chi connectivity index (χ4n) is 3.05. The molecule has 0 bridgehead atoms. The first kappa shape index (κ1) is 27.8. The van der Waals surface area contributed by atoms with E-state index in [2.05, 4.69) is 37.1 Å². The predicted octanol–water partition coefficient (Wildman–Crippen LogP) is 3.85. The number of aryl methyl sites for hydroxylation is 2. The van der Waals surface area contributed by atoms with Crippen LogP contribution < -0.4 is 25.5 Å². The Morgan fingerprint density at radius 1 is 1.03 bits per heavy atom. The van der Waals surface area contributed by atoms with Crippen LogP contribution in [0, 0.1) is 13.8 Å². The number of hydrazone groups is 1. The monoisotopic (exact) mass is 546 g/mol. The van der Waals surface area contributed by atoms with Gasteiger partial charge in [0.2, 0.25) is 0 Å². The van der Waals surface area contributed by atoms with Crippen molar-refractivity contribution in [1.29, 1.82) is 0 Å². The van der Waals surface area contributed by atoms with E-state index in [4.69, 9.17) is 9.47 Å². The summed E-state index contributed by atoms with van der Waals surface area (Å²) in [7, 11) is 0. The molecule has 0 aliphatic carbocycles. The number of nitrogens with zero attached hydrogens (tertiary/aromatic N) is 1. The number of halogens is 1. The Labute approximate surface area is 213 Å². The molecule has 0 spiro atoms. The molecule has 10 heteroatoms. The summed E-state index contributed by atoms with van der Waals surface area (Å²) >= 11 is 3.43. The van der Waals surface area contributed by atoms with Crippen molar-refractivity contribution in [3.63, 3.8) is 0 Å². The number of ether oxygens (including phenoxy) is 2. The zero-order valence-corrected chi connectivity index (χ0v) is 22.1. The van der Waals surface area contributed by atoms with E-state index in [1.807, 2.05) is 45.9 Å². The summed E-state index contributed by atoms with van der Waals surface area (Å²) in [6, 6.07) is 9.02. The lowest BCUT2D eigenvalue weighted by molar-refractivity contribution is -0.139. The number of carbonyl (C=O) groups is 3. The summed E-state index contributed by atoms with van der Waals surface area (Å²) in [5.74, 6) is -1.18. The van der Waals surface area contributed by atoms with Crippen molar-refractivity contribution < 1.29 is 23.9 Å². The fourth-order valence-corrected chi connectivity index (χ4v) is 3.63. The van der Waals surface area contributed by atoms with Crippen LogP contribution in [-0.2, 0) is 14.4 Å². The summed E-state index contributed by atoms with van der Waals surface area (Å²) in [4.78, 5) is 36.1. The molecule has 3 amide bonds. The number of benzene rings is 2. The highest BCUT2D eigenvalue weighted by Crippen LogP contribution is 2.36. The molecule has 0 radical (unpaired) electrons. The van der Waals surface area contributed by atoms with Crippen LogP contribution in [0.25, 0.3) is 0 Å². The van der Waals surface area contributed by atoms with Gasteiger partial charge in [0, 0.05) is 11.7 Å². The lowest BCUT2D eigenvalue weighted by Gasteiger charge is -2.15. The largest absolute Gasteiger partial charge is 0.490 e. The van der Waals surface area contributed by atoms with Gasteiger partial charge in [-0.2, -0.15) is 5.10 Å². The Morgan fingerprint density at radius 2 is 1.71 bits per heavy atom. The number of hydrogen-bond donors (Lipinski definition) is 3. The summed E-state index contributed by atoms with van der Waals surface area (Å²) in [6.45, 7) is 9.59. The normalized spacial score (nSPS) is 11.6. The maximum atomic E-state index is 12.4. The maximum Gasteiger partial charge on any atom is 0.329 e. The minimum atomic E-state index is -0.861. The van der Waals surface area contributed by atoms with Crippen molar-refractivity contribution in [1.82, 2.24) is 10.7 Å². The summed E-state index contributed by atoms with van der Waals surface area (Å²) in [5, 5.41) is 9.22. The van der Waals surface area contributed by atoms with Crippen molar-refractivity contribution in [2.24, 2.45) is 5.10 Å². The highest BCUT2D eigenvalue weighted by atomic mass is 79.9. The minimum absolute atomic E-state index is 0.113. The average Bonchev–Trinajstić information content (AvgIpc) is 2.77. The second-order valence-corrected chi connectivity index (χ2v) is 8.81. The molecular formula is C25H31BrN4O5. The Kier molecular flexibility index (Phi) is 10.7. The lowest BCUT2D eigenvalue weighted by Crippen LogP contribution is -2.41. The second kappa shape index (κ2) is 13.5. The van der Waals surface area contributed by atoms with Crippen LogP contribution in [-0.4, -0.2) is 43.2 Å². The third-order valence-corrected chi connectivity index (χ3v) is 5.35. The van der Waals surface area contributed by atoms with Crippen molar-refractivity contribution in [3.8, 4) is 11.5 Å². The fraction of sp³-hybridized carbons (Fsp3) is 0.360. The van der Waals surface area contributed by atoms with Gasteiger partial charge in [0.15, 0.2) is 18.1 Å². The van der Waals surface area contributed by atoms with E-state index in [1.54, 1.807) is 19.1 Å². The molecule has 188 valence electrons. The SMILES string of the molecule is CCOc1cc(/C=N\NC(=O)C(=O)N[C@H](C)CC)cc(Br)c1OCC(=O)Nc1cc(C)cc(C)c1. The molecule has 1 atom stereocenters. The molecule has 35 heavy (non-hydrogen) atoms. The predicted molar refractivity (Wildman–Crippen MR) is 139 cm³/mol. The first-order valence-corrected chi connectivity index (χ1v) is 12.0. The maximum absolute atomic E-state index is 12.4. The van der Waals surface area contributed by atoms with E-state index in [-0.39, 0.29) is 18.6 Å². The van der Waals surface area contributed by atoms with Crippen LogP contribution in [0.1, 0.15) is 43.9 Å². The number of rotatable bonds is 10. The van der Waals surface area contributed by atoms with Crippen LogP contribution >= 0.6 is 15.9 Å². The molecular weight excluding hydrogens is 516 g/mol. The highest BCUT2D eigenvalue weighted by Gasteiger charge is 2.16. The van der Waals surface area contributed by atoms with E-state index in [0.29, 0.717) is 40.3 Å². The molecule has 2 aromatic rings. The van der Waals surface area contributed by atoms with E-state index in [0.717, 1.165) is 11.1 Å².